The number of amides is 2. The van der Waals surface area contributed by atoms with Crippen LogP contribution in [0.15, 0.2) is 40.9 Å². The lowest BCUT2D eigenvalue weighted by atomic mass is 9.93. The molecule has 2 N–H and O–H groups in total. The summed E-state index contributed by atoms with van der Waals surface area (Å²) in [5, 5.41) is 9.17. The summed E-state index contributed by atoms with van der Waals surface area (Å²) in [5.74, 6) is 0.693. The highest BCUT2D eigenvalue weighted by molar-refractivity contribution is 5.97. The lowest BCUT2D eigenvalue weighted by molar-refractivity contribution is -0.127. The Balaban J connectivity index is 1.63. The molecule has 2 aromatic rings. The molecule has 0 saturated heterocycles. The van der Waals surface area contributed by atoms with Gasteiger partial charge in [-0.1, -0.05) is 35.5 Å². The summed E-state index contributed by atoms with van der Waals surface area (Å²) in [6, 6.07) is 10.7. The molecule has 0 radical (unpaired) electrons. The molecule has 1 fully saturated rings. The van der Waals surface area contributed by atoms with E-state index in [0.29, 0.717) is 17.5 Å². The average Bonchev–Trinajstić information content (AvgIpc) is 3.30. The average molecular weight is 327 g/mol. The first-order valence-electron chi connectivity index (χ1n) is 8.14. The molecule has 1 aliphatic carbocycles. The maximum absolute atomic E-state index is 12.7. The van der Waals surface area contributed by atoms with Crippen LogP contribution in [-0.2, 0) is 9.59 Å². The van der Waals surface area contributed by atoms with Crippen LogP contribution in [0.25, 0.3) is 0 Å². The van der Waals surface area contributed by atoms with Gasteiger partial charge in [0.25, 0.3) is 0 Å². The van der Waals surface area contributed by atoms with Gasteiger partial charge < -0.3 is 15.2 Å². The van der Waals surface area contributed by atoms with Gasteiger partial charge in [0.05, 0.1) is 5.92 Å². The number of nitrogens with zero attached hydrogens (tertiary/aromatic N) is 1. The van der Waals surface area contributed by atoms with Crippen LogP contribution in [0.5, 0.6) is 0 Å². The van der Waals surface area contributed by atoms with Crippen molar-refractivity contribution in [1.29, 1.82) is 0 Å². The van der Waals surface area contributed by atoms with E-state index in [4.69, 9.17) is 4.52 Å². The first-order chi connectivity index (χ1) is 11.5. The number of carbonyl (C=O) groups is 2. The van der Waals surface area contributed by atoms with Crippen molar-refractivity contribution in [3.63, 3.8) is 0 Å². The first kappa shape index (κ1) is 16.2. The normalized spacial score (nSPS) is 16.2. The number of hydrogen-bond acceptors (Lipinski definition) is 4. The molecule has 2 atom stereocenters. The Labute approximate surface area is 140 Å². The fourth-order valence-corrected chi connectivity index (χ4v) is 2.76. The number of rotatable bonds is 6. The molecule has 0 spiro atoms. The van der Waals surface area contributed by atoms with Gasteiger partial charge in [0.1, 0.15) is 11.8 Å². The number of nitrogens with one attached hydrogen (secondary N) is 2. The van der Waals surface area contributed by atoms with E-state index in [2.05, 4.69) is 15.8 Å². The second kappa shape index (κ2) is 6.86. The van der Waals surface area contributed by atoms with E-state index in [1.54, 1.807) is 19.9 Å². The minimum absolute atomic E-state index is 0.109. The lowest BCUT2D eigenvalue weighted by Gasteiger charge is -2.20. The second-order valence-corrected chi connectivity index (χ2v) is 6.27. The molecule has 1 aliphatic rings. The Morgan fingerprint density at radius 3 is 2.50 bits per heavy atom. The van der Waals surface area contributed by atoms with Gasteiger partial charge in [-0.05, 0) is 38.2 Å². The summed E-state index contributed by atoms with van der Waals surface area (Å²) < 4.78 is 4.91. The van der Waals surface area contributed by atoms with Crippen molar-refractivity contribution < 1.29 is 14.1 Å². The molecule has 1 heterocycles. The number of hydrogen-bond donors (Lipinski definition) is 2. The lowest BCUT2D eigenvalue weighted by Crippen LogP contribution is -2.44. The SMILES string of the molecule is Cc1cc(NC(=O)C(C)NC(=O)C(c2ccccc2)C2CC2)no1. The van der Waals surface area contributed by atoms with E-state index in [1.165, 1.54) is 0 Å². The second-order valence-electron chi connectivity index (χ2n) is 6.27. The summed E-state index contributed by atoms with van der Waals surface area (Å²) >= 11 is 0. The molecule has 1 aromatic heterocycles. The van der Waals surface area contributed by atoms with E-state index in [-0.39, 0.29) is 17.7 Å². The van der Waals surface area contributed by atoms with Crippen molar-refractivity contribution in [1.82, 2.24) is 10.5 Å². The summed E-state index contributed by atoms with van der Waals surface area (Å²) in [5.41, 5.74) is 0.997. The maximum Gasteiger partial charge on any atom is 0.247 e. The highest BCUT2D eigenvalue weighted by Crippen LogP contribution is 2.42. The quantitative estimate of drug-likeness (QED) is 0.854. The molecule has 6 nitrogen and oxygen atoms in total. The van der Waals surface area contributed by atoms with Gasteiger partial charge >= 0.3 is 0 Å². The summed E-state index contributed by atoms with van der Waals surface area (Å²) in [6.45, 7) is 3.41. The summed E-state index contributed by atoms with van der Waals surface area (Å²) in [4.78, 5) is 24.9. The molecule has 1 saturated carbocycles. The third-order valence-corrected chi connectivity index (χ3v) is 4.17. The number of benzene rings is 1. The van der Waals surface area contributed by atoms with Crippen LogP contribution in [0.2, 0.25) is 0 Å². The van der Waals surface area contributed by atoms with Crippen molar-refractivity contribution in [3.8, 4) is 0 Å². The highest BCUT2D eigenvalue weighted by atomic mass is 16.5. The van der Waals surface area contributed by atoms with Gasteiger partial charge in [-0.3, -0.25) is 9.59 Å². The van der Waals surface area contributed by atoms with E-state index in [1.807, 2.05) is 30.3 Å². The van der Waals surface area contributed by atoms with E-state index in [0.717, 1.165) is 18.4 Å². The Hall–Kier alpha value is -2.63. The van der Waals surface area contributed by atoms with Crippen LogP contribution in [-0.4, -0.2) is 23.0 Å². The predicted molar refractivity (Wildman–Crippen MR) is 89.4 cm³/mol. The molecule has 0 bridgehead atoms. The van der Waals surface area contributed by atoms with Gasteiger partial charge in [-0.15, -0.1) is 0 Å². The van der Waals surface area contributed by atoms with Crippen LogP contribution in [0.3, 0.4) is 0 Å². The molecule has 3 rings (SSSR count). The third kappa shape index (κ3) is 3.82. The smallest absolute Gasteiger partial charge is 0.247 e. The van der Waals surface area contributed by atoms with Crippen LogP contribution >= 0.6 is 0 Å². The first-order valence-corrected chi connectivity index (χ1v) is 8.14. The van der Waals surface area contributed by atoms with Gasteiger partial charge in [-0.2, -0.15) is 0 Å². The molecular weight excluding hydrogens is 306 g/mol. The third-order valence-electron chi connectivity index (χ3n) is 4.17. The zero-order chi connectivity index (χ0) is 17.1. The number of aromatic nitrogens is 1. The van der Waals surface area contributed by atoms with Crippen molar-refractivity contribution >= 4 is 17.6 Å². The van der Waals surface area contributed by atoms with Gasteiger partial charge in [-0.25, -0.2) is 0 Å². The number of aryl methyl sites for hydroxylation is 1. The van der Waals surface area contributed by atoms with E-state index in [9.17, 15) is 9.59 Å². The van der Waals surface area contributed by atoms with E-state index < -0.39 is 6.04 Å². The molecular formula is C18H21N3O3. The zero-order valence-corrected chi connectivity index (χ0v) is 13.8. The van der Waals surface area contributed by atoms with Crippen LogP contribution in [0.1, 0.15) is 37.0 Å². The number of anilines is 1. The minimum Gasteiger partial charge on any atom is -0.360 e. The Morgan fingerprint density at radius 1 is 1.21 bits per heavy atom. The highest BCUT2D eigenvalue weighted by Gasteiger charge is 2.38. The molecule has 6 heteroatoms. The largest absolute Gasteiger partial charge is 0.360 e. The minimum atomic E-state index is -0.653. The fraction of sp³-hybridized carbons (Fsp3) is 0.389. The fourth-order valence-electron chi connectivity index (χ4n) is 2.76. The van der Waals surface area contributed by atoms with Crippen LogP contribution in [0, 0.1) is 12.8 Å². The molecule has 2 unspecified atom stereocenters. The van der Waals surface area contributed by atoms with Crippen molar-refractivity contribution in [2.45, 2.75) is 38.6 Å². The topological polar surface area (TPSA) is 84.2 Å². The molecule has 1 aromatic carbocycles. The van der Waals surface area contributed by atoms with Crippen LogP contribution in [0.4, 0.5) is 5.82 Å². The van der Waals surface area contributed by atoms with Gasteiger partial charge in [0, 0.05) is 6.07 Å². The van der Waals surface area contributed by atoms with Crippen molar-refractivity contribution in [3.05, 3.63) is 47.7 Å². The molecule has 0 aliphatic heterocycles. The summed E-state index contributed by atoms with van der Waals surface area (Å²) in [7, 11) is 0. The van der Waals surface area contributed by atoms with Gasteiger partial charge in [0.2, 0.25) is 11.8 Å². The van der Waals surface area contributed by atoms with Crippen molar-refractivity contribution in [2.75, 3.05) is 5.32 Å². The Bertz CT molecular complexity index is 722. The predicted octanol–water partition coefficient (Wildman–Crippen LogP) is 2.62. The molecule has 126 valence electrons. The summed E-state index contributed by atoms with van der Waals surface area (Å²) in [6.07, 6.45) is 2.09. The van der Waals surface area contributed by atoms with E-state index >= 15 is 0 Å². The Morgan fingerprint density at radius 2 is 1.92 bits per heavy atom. The maximum atomic E-state index is 12.7. The number of carbonyl (C=O) groups excluding carboxylic acids is 2. The van der Waals surface area contributed by atoms with Crippen molar-refractivity contribution in [2.24, 2.45) is 5.92 Å². The monoisotopic (exact) mass is 327 g/mol. The Kier molecular flexibility index (Phi) is 4.64. The molecule has 2 amide bonds. The zero-order valence-electron chi connectivity index (χ0n) is 13.8. The standard InChI is InChI=1S/C18H21N3O3/c1-11-10-15(21-24-11)20-17(22)12(2)19-18(23)16(14-8-9-14)13-6-4-3-5-7-13/h3-7,10,12,14,16H,8-9H2,1-2H3,(H,19,23)(H,20,21,22). The molecule has 24 heavy (non-hydrogen) atoms. The van der Waals surface area contributed by atoms with Crippen LogP contribution < -0.4 is 10.6 Å². The van der Waals surface area contributed by atoms with Gasteiger partial charge in [0.15, 0.2) is 5.82 Å².